The first-order valence-electron chi connectivity index (χ1n) is 4.15. The maximum atomic E-state index is 13.8. The normalized spacial score (nSPS) is 33.6. The minimum atomic E-state index is -5.81. The summed E-state index contributed by atoms with van der Waals surface area (Å²) in [4.78, 5) is 0. The molecule has 1 aliphatic rings. The van der Waals surface area contributed by atoms with E-state index in [1.54, 1.807) is 0 Å². The van der Waals surface area contributed by atoms with E-state index in [0.717, 1.165) is 0 Å². The lowest BCUT2D eigenvalue weighted by atomic mass is 9.84. The third-order valence-electron chi connectivity index (χ3n) is 2.81. The van der Waals surface area contributed by atoms with E-state index in [4.69, 9.17) is 0 Å². The lowest BCUT2D eigenvalue weighted by Gasteiger charge is -2.41. The van der Waals surface area contributed by atoms with Crippen molar-refractivity contribution >= 4 is 10.1 Å². The Bertz CT molecular complexity index is 539. The van der Waals surface area contributed by atoms with Crippen LogP contribution in [0.3, 0.4) is 0 Å². The van der Waals surface area contributed by atoms with Crippen LogP contribution in [0.2, 0.25) is 0 Å². The average molecular weight is 295 g/mol. The smallest absolute Gasteiger partial charge is 0.196 e. The molecule has 0 radical (unpaired) electrons. The molecule has 0 aromatic carbocycles. The Balaban J connectivity index is 0.00000289. The van der Waals surface area contributed by atoms with Gasteiger partial charge in [0.25, 0.3) is 0 Å². The average Bonchev–Trinajstić information content (AvgIpc) is 2.20. The molecule has 0 saturated heterocycles. The molecule has 0 aromatic rings. The molecule has 4 N–H and O–H groups in total. The van der Waals surface area contributed by atoms with Gasteiger partial charge >= 0.3 is 0 Å². The van der Waals surface area contributed by atoms with E-state index < -0.39 is 43.8 Å². The Morgan fingerprint density at radius 3 is 1.67 bits per heavy atom. The molecule has 0 saturated carbocycles. The summed E-state index contributed by atoms with van der Waals surface area (Å²) in [6, 6.07) is 0. The Morgan fingerprint density at radius 1 is 1.00 bits per heavy atom. The fourth-order valence-corrected chi connectivity index (χ4v) is 2.24. The van der Waals surface area contributed by atoms with Gasteiger partial charge in [-0.05, 0) is 13.8 Å². The van der Waals surface area contributed by atoms with Crippen LogP contribution < -0.4 is 6.15 Å². The third-order valence-corrected chi connectivity index (χ3v) is 4.37. The molecule has 0 amide bonds. The molecule has 0 fully saturated rings. The van der Waals surface area contributed by atoms with Crippen molar-refractivity contribution in [1.82, 2.24) is 6.15 Å². The molecular weight excluding hydrogens is 285 g/mol. The highest BCUT2D eigenvalue weighted by molar-refractivity contribution is 7.87. The first kappa shape index (κ1) is 17.0. The number of rotatable bonds is 1. The van der Waals surface area contributed by atoms with Crippen molar-refractivity contribution in [3.05, 3.63) is 23.3 Å². The zero-order valence-corrected chi connectivity index (χ0v) is 10.3. The van der Waals surface area contributed by atoms with Crippen molar-refractivity contribution in [2.24, 2.45) is 0 Å². The molecule has 0 aromatic heterocycles. The molecule has 2 atom stereocenters. The van der Waals surface area contributed by atoms with Gasteiger partial charge in [-0.15, -0.1) is 0 Å². The van der Waals surface area contributed by atoms with E-state index in [0.29, 0.717) is 0 Å². The molecule has 18 heavy (non-hydrogen) atoms. The molecule has 1 rings (SSSR count). The predicted octanol–water partition coefficient (Wildman–Crippen LogP) is 2.71. The van der Waals surface area contributed by atoms with Crippen molar-refractivity contribution in [1.29, 1.82) is 0 Å². The van der Waals surface area contributed by atoms with Gasteiger partial charge in [0.05, 0.1) is 0 Å². The van der Waals surface area contributed by atoms with Gasteiger partial charge < -0.3 is 10.7 Å². The van der Waals surface area contributed by atoms with Crippen LogP contribution in [0.15, 0.2) is 23.3 Å². The zero-order valence-electron chi connectivity index (χ0n) is 9.52. The van der Waals surface area contributed by atoms with Crippen LogP contribution in [-0.2, 0) is 10.1 Å². The summed E-state index contributed by atoms with van der Waals surface area (Å²) in [5, 5.41) is 0. The van der Waals surface area contributed by atoms with Gasteiger partial charge in [-0.1, -0.05) is 0 Å². The fraction of sp³-hybridized carbons (Fsp3) is 0.500. The summed E-state index contributed by atoms with van der Waals surface area (Å²) in [6.45, 7) is 0.291. The predicted molar refractivity (Wildman–Crippen MR) is 52.1 cm³/mol. The maximum absolute atomic E-state index is 13.8. The van der Waals surface area contributed by atoms with Crippen LogP contribution in [0, 0.1) is 0 Å². The third kappa shape index (κ3) is 1.75. The summed E-state index contributed by atoms with van der Waals surface area (Å²) in [5.74, 6) is -9.98. The van der Waals surface area contributed by atoms with Crippen molar-refractivity contribution in [3.8, 4) is 0 Å². The van der Waals surface area contributed by atoms with Crippen LogP contribution in [0.1, 0.15) is 13.8 Å². The zero-order chi connectivity index (χ0) is 13.8. The minimum Gasteiger partial charge on any atom is -0.747 e. The molecule has 0 spiro atoms. The van der Waals surface area contributed by atoms with Crippen LogP contribution in [0.25, 0.3) is 0 Å². The molecule has 2 unspecified atom stereocenters. The summed E-state index contributed by atoms with van der Waals surface area (Å²) in [7, 11) is -5.81. The van der Waals surface area contributed by atoms with Crippen molar-refractivity contribution in [3.63, 3.8) is 0 Å². The summed E-state index contributed by atoms with van der Waals surface area (Å²) < 4.78 is 94.4. The van der Waals surface area contributed by atoms with Crippen molar-refractivity contribution in [2.45, 2.75) is 24.3 Å². The van der Waals surface area contributed by atoms with Crippen molar-refractivity contribution in [2.75, 3.05) is 0 Å². The maximum Gasteiger partial charge on any atom is 0.196 e. The second-order valence-electron chi connectivity index (χ2n) is 3.75. The lowest BCUT2D eigenvalue weighted by molar-refractivity contribution is 0.122. The molecular formula is C8H10F5NO3S. The van der Waals surface area contributed by atoms with E-state index in [1.165, 1.54) is 0 Å². The quantitative estimate of drug-likeness (QED) is 0.595. The van der Waals surface area contributed by atoms with E-state index in [-0.39, 0.29) is 20.0 Å². The van der Waals surface area contributed by atoms with Gasteiger partial charge in [0.1, 0.15) is 10.1 Å². The monoisotopic (exact) mass is 295 g/mol. The summed E-state index contributed by atoms with van der Waals surface area (Å²) >= 11 is 0. The highest BCUT2D eigenvalue weighted by Crippen LogP contribution is 2.52. The van der Waals surface area contributed by atoms with Crippen LogP contribution >= 0.6 is 0 Å². The van der Waals surface area contributed by atoms with Gasteiger partial charge in [0, 0.05) is 0 Å². The molecule has 10 heteroatoms. The minimum absolute atomic E-state index is 0. The molecule has 1 aliphatic carbocycles. The summed E-state index contributed by atoms with van der Waals surface area (Å²) in [6.07, 6.45) is 0. The standard InChI is InChI=1S/C8H7F5O3S.H3N/c1-7(13)5(11)3(9)4(10)6(12)8(7,2)17(14,15)16;/h1-2H3,(H,14,15,16);1H3. The number of hydrogen-bond acceptors (Lipinski definition) is 3. The molecule has 0 aliphatic heterocycles. The second kappa shape index (κ2) is 4.28. The lowest BCUT2D eigenvalue weighted by Crippen LogP contribution is -2.55. The van der Waals surface area contributed by atoms with E-state index in [9.17, 15) is 34.9 Å². The highest BCUT2D eigenvalue weighted by atomic mass is 32.2. The Labute approximate surface area is 99.5 Å². The number of hydrogen-bond donors (Lipinski definition) is 1. The number of allylic oxidation sites excluding steroid dienone is 3. The first-order chi connectivity index (χ1) is 7.39. The Hall–Kier alpha value is -1.00. The van der Waals surface area contributed by atoms with Gasteiger partial charge in [-0.25, -0.2) is 30.4 Å². The number of alkyl halides is 1. The Morgan fingerprint density at radius 2 is 1.33 bits per heavy atom. The van der Waals surface area contributed by atoms with E-state index in [1.807, 2.05) is 0 Å². The van der Waals surface area contributed by atoms with Gasteiger partial charge in [0.15, 0.2) is 33.7 Å². The highest BCUT2D eigenvalue weighted by Gasteiger charge is 2.62. The molecule has 4 nitrogen and oxygen atoms in total. The van der Waals surface area contributed by atoms with Gasteiger partial charge in [0.2, 0.25) is 0 Å². The number of quaternary nitrogens is 1. The largest absolute Gasteiger partial charge is 0.747 e. The first-order valence-corrected chi connectivity index (χ1v) is 5.56. The molecule has 0 bridgehead atoms. The summed E-state index contributed by atoms with van der Waals surface area (Å²) in [5.41, 5.74) is -3.84. The van der Waals surface area contributed by atoms with Crippen LogP contribution in [-0.4, -0.2) is 23.4 Å². The van der Waals surface area contributed by atoms with E-state index >= 15 is 0 Å². The van der Waals surface area contributed by atoms with E-state index in [2.05, 4.69) is 0 Å². The molecule has 106 valence electrons. The van der Waals surface area contributed by atoms with Crippen molar-refractivity contribution < 1.29 is 34.9 Å². The fourth-order valence-electron chi connectivity index (χ4n) is 1.37. The van der Waals surface area contributed by atoms with Gasteiger partial charge in [-0.2, -0.15) is 0 Å². The van der Waals surface area contributed by atoms with Crippen LogP contribution in [0.4, 0.5) is 22.0 Å². The number of halogens is 5. The SMILES string of the molecule is CC1(F)C(F)=C(F)C(F)=C(F)C1(C)S(=O)(=O)[O-].[NH4+]. The molecule has 0 heterocycles. The van der Waals surface area contributed by atoms with Gasteiger partial charge in [-0.3, -0.25) is 0 Å². The topological polar surface area (TPSA) is 93.7 Å². The Kier molecular flexibility index (Phi) is 4.04. The second-order valence-corrected chi connectivity index (χ2v) is 5.47. The van der Waals surface area contributed by atoms with Crippen LogP contribution in [0.5, 0.6) is 0 Å².